The largest absolute Gasteiger partial charge is 0.325 e. The third-order valence-electron chi connectivity index (χ3n) is 2.89. The van der Waals surface area contributed by atoms with Crippen LogP contribution < -0.4 is 5.73 Å². The predicted octanol–water partition coefficient (Wildman–Crippen LogP) is 3.47. The van der Waals surface area contributed by atoms with Crippen LogP contribution in [0.5, 0.6) is 0 Å². The molecule has 2 N–H and O–H groups in total. The molecule has 0 unspecified atom stereocenters. The maximum Gasteiger partial charge on any atom is 0.151 e. The Labute approximate surface area is 119 Å². The molecule has 3 nitrogen and oxygen atoms in total. The molecule has 0 saturated carbocycles. The van der Waals surface area contributed by atoms with Gasteiger partial charge in [0.1, 0.15) is 10.7 Å². The molecule has 0 aliphatic carbocycles. The molecule has 0 atom stereocenters. The lowest BCUT2D eigenvalue weighted by Gasteiger charge is -1.98. The number of hydrogen-bond acceptors (Lipinski definition) is 4. The predicted molar refractivity (Wildman–Crippen MR) is 78.6 cm³/mol. The van der Waals surface area contributed by atoms with Crippen molar-refractivity contribution in [1.82, 2.24) is 9.97 Å². The van der Waals surface area contributed by atoms with Gasteiger partial charge in [0.2, 0.25) is 0 Å². The summed E-state index contributed by atoms with van der Waals surface area (Å²) in [6, 6.07) is 12.8. The highest BCUT2D eigenvalue weighted by atomic mass is 32.1. The second kappa shape index (κ2) is 5.48. The maximum absolute atomic E-state index is 13.8. The smallest absolute Gasteiger partial charge is 0.151 e. The van der Waals surface area contributed by atoms with E-state index in [1.54, 1.807) is 12.3 Å². The van der Waals surface area contributed by atoms with E-state index < -0.39 is 0 Å². The van der Waals surface area contributed by atoms with E-state index >= 15 is 0 Å². The Kier molecular flexibility index (Phi) is 3.54. The van der Waals surface area contributed by atoms with Crippen molar-refractivity contribution in [2.24, 2.45) is 5.73 Å². The van der Waals surface area contributed by atoms with Crippen molar-refractivity contribution in [2.75, 3.05) is 0 Å². The molecular formula is C15H12FN3S. The average Bonchev–Trinajstić information content (AvgIpc) is 2.92. The van der Waals surface area contributed by atoms with E-state index in [-0.39, 0.29) is 11.5 Å². The molecule has 2 aromatic heterocycles. The second-order valence-electron chi connectivity index (χ2n) is 4.20. The molecule has 0 saturated heterocycles. The lowest BCUT2D eigenvalue weighted by atomic mass is 10.1. The van der Waals surface area contributed by atoms with Crippen LogP contribution >= 0.6 is 11.3 Å². The molecule has 100 valence electrons. The van der Waals surface area contributed by atoms with E-state index in [4.69, 9.17) is 5.73 Å². The molecule has 2 heterocycles. The van der Waals surface area contributed by atoms with Crippen molar-refractivity contribution >= 4 is 11.3 Å². The monoisotopic (exact) mass is 285 g/mol. The van der Waals surface area contributed by atoms with E-state index in [0.717, 1.165) is 16.1 Å². The van der Waals surface area contributed by atoms with Crippen LogP contribution in [0.1, 0.15) is 5.69 Å². The average molecular weight is 285 g/mol. The summed E-state index contributed by atoms with van der Waals surface area (Å²) in [5.41, 5.74) is 7.82. The maximum atomic E-state index is 13.8. The summed E-state index contributed by atoms with van der Waals surface area (Å²) in [6.07, 6.45) is 1.56. The minimum Gasteiger partial charge on any atom is -0.325 e. The molecule has 0 aliphatic heterocycles. The quantitative estimate of drug-likeness (QED) is 0.801. The molecule has 0 bridgehead atoms. The van der Waals surface area contributed by atoms with Crippen LogP contribution in [-0.4, -0.2) is 9.97 Å². The highest BCUT2D eigenvalue weighted by Gasteiger charge is 2.16. The minimum atomic E-state index is -0.371. The van der Waals surface area contributed by atoms with Crippen molar-refractivity contribution in [3.63, 3.8) is 0 Å². The van der Waals surface area contributed by atoms with Gasteiger partial charge in [-0.25, -0.2) is 9.37 Å². The molecule has 0 aliphatic rings. The molecule has 0 radical (unpaired) electrons. The number of nitrogens with zero attached hydrogens (tertiary/aromatic N) is 2. The minimum absolute atomic E-state index is 0.273. The molecule has 5 heteroatoms. The third kappa shape index (κ3) is 2.33. The van der Waals surface area contributed by atoms with Gasteiger partial charge in [-0.15, -0.1) is 11.3 Å². The molecule has 0 fully saturated rings. The standard InChI is InChI=1S/C15H12FN3S/c16-11-7-4-8-18-13(11)15-19-12(9-17)14(20-15)10-5-2-1-3-6-10/h1-8H,9,17H2. The van der Waals surface area contributed by atoms with E-state index in [9.17, 15) is 4.39 Å². The van der Waals surface area contributed by atoms with E-state index in [2.05, 4.69) is 9.97 Å². The zero-order chi connectivity index (χ0) is 13.9. The number of hydrogen-bond donors (Lipinski definition) is 1. The van der Waals surface area contributed by atoms with Gasteiger partial charge < -0.3 is 5.73 Å². The Hall–Kier alpha value is -2.11. The number of halogens is 1. The summed E-state index contributed by atoms with van der Waals surface area (Å²) in [4.78, 5) is 9.46. The van der Waals surface area contributed by atoms with E-state index in [1.807, 2.05) is 30.3 Å². The highest BCUT2D eigenvalue weighted by molar-refractivity contribution is 7.18. The van der Waals surface area contributed by atoms with Gasteiger partial charge in [-0.3, -0.25) is 4.98 Å². The van der Waals surface area contributed by atoms with Crippen molar-refractivity contribution in [3.8, 4) is 21.1 Å². The van der Waals surface area contributed by atoms with Crippen LogP contribution in [-0.2, 0) is 6.54 Å². The second-order valence-corrected chi connectivity index (χ2v) is 5.20. The van der Waals surface area contributed by atoms with Crippen molar-refractivity contribution < 1.29 is 4.39 Å². The van der Waals surface area contributed by atoms with Crippen LogP contribution in [0, 0.1) is 5.82 Å². The topological polar surface area (TPSA) is 51.8 Å². The molecule has 0 spiro atoms. The van der Waals surface area contributed by atoms with E-state index in [0.29, 0.717) is 11.6 Å². The first kappa shape index (κ1) is 12.9. The lowest BCUT2D eigenvalue weighted by molar-refractivity contribution is 0.625. The Morgan fingerprint density at radius 1 is 1.10 bits per heavy atom. The van der Waals surface area contributed by atoms with E-state index in [1.165, 1.54) is 17.4 Å². The van der Waals surface area contributed by atoms with Crippen molar-refractivity contribution in [2.45, 2.75) is 6.54 Å². The zero-order valence-electron chi connectivity index (χ0n) is 10.6. The van der Waals surface area contributed by atoms with Gasteiger partial charge in [-0.2, -0.15) is 0 Å². The fourth-order valence-electron chi connectivity index (χ4n) is 1.95. The summed E-state index contributed by atoms with van der Waals surface area (Å²) >= 11 is 1.41. The SMILES string of the molecule is NCc1nc(-c2ncccc2F)sc1-c1ccccc1. The van der Waals surface area contributed by atoms with Crippen molar-refractivity contribution in [1.29, 1.82) is 0 Å². The van der Waals surface area contributed by atoms with Gasteiger partial charge in [0.25, 0.3) is 0 Å². The molecule has 3 aromatic rings. The molecule has 0 amide bonds. The molecular weight excluding hydrogens is 273 g/mol. The first-order valence-electron chi connectivity index (χ1n) is 6.15. The number of aromatic nitrogens is 2. The van der Waals surface area contributed by atoms with Gasteiger partial charge in [-0.1, -0.05) is 30.3 Å². The number of benzene rings is 1. The van der Waals surface area contributed by atoms with Gasteiger partial charge in [0.15, 0.2) is 5.82 Å². The third-order valence-corrected chi connectivity index (χ3v) is 4.04. The first-order valence-corrected chi connectivity index (χ1v) is 6.97. The van der Waals surface area contributed by atoms with Crippen LogP contribution in [0.4, 0.5) is 4.39 Å². The number of thiazole rings is 1. The van der Waals surface area contributed by atoms with Crippen molar-refractivity contribution in [3.05, 3.63) is 60.2 Å². The van der Waals surface area contributed by atoms with Gasteiger partial charge in [0, 0.05) is 12.7 Å². The summed E-state index contributed by atoms with van der Waals surface area (Å²) < 4.78 is 13.8. The molecule has 20 heavy (non-hydrogen) atoms. The Morgan fingerprint density at radius 3 is 2.60 bits per heavy atom. The summed E-state index contributed by atoms with van der Waals surface area (Å²) in [5, 5.41) is 0.558. The summed E-state index contributed by atoms with van der Waals surface area (Å²) in [5.74, 6) is -0.371. The Morgan fingerprint density at radius 2 is 1.90 bits per heavy atom. The summed E-state index contributed by atoms with van der Waals surface area (Å²) in [6.45, 7) is 0.315. The lowest BCUT2D eigenvalue weighted by Crippen LogP contribution is -1.98. The van der Waals surface area contributed by atoms with Crippen LogP contribution in [0.25, 0.3) is 21.1 Å². The first-order chi connectivity index (χ1) is 9.79. The summed E-state index contributed by atoms with van der Waals surface area (Å²) in [7, 11) is 0. The highest BCUT2D eigenvalue weighted by Crippen LogP contribution is 2.35. The van der Waals surface area contributed by atoms with Gasteiger partial charge in [-0.05, 0) is 17.7 Å². The number of pyridine rings is 1. The number of rotatable bonds is 3. The van der Waals surface area contributed by atoms with Gasteiger partial charge >= 0.3 is 0 Å². The number of nitrogens with two attached hydrogens (primary N) is 1. The van der Waals surface area contributed by atoms with Crippen LogP contribution in [0.15, 0.2) is 48.7 Å². The Bertz CT molecular complexity index is 725. The van der Waals surface area contributed by atoms with Crippen LogP contribution in [0.3, 0.4) is 0 Å². The zero-order valence-corrected chi connectivity index (χ0v) is 11.4. The van der Waals surface area contributed by atoms with Gasteiger partial charge in [0.05, 0.1) is 10.6 Å². The Balaban J connectivity index is 2.13. The fourth-order valence-corrected chi connectivity index (χ4v) is 3.05. The molecule has 1 aromatic carbocycles. The fraction of sp³-hybridized carbons (Fsp3) is 0.0667. The normalized spacial score (nSPS) is 10.7. The van der Waals surface area contributed by atoms with Crippen LogP contribution in [0.2, 0.25) is 0 Å². The molecule has 3 rings (SSSR count).